The summed E-state index contributed by atoms with van der Waals surface area (Å²) in [5.74, 6) is -2.44. The van der Waals surface area contributed by atoms with Crippen LogP contribution in [0.15, 0.2) is 18.2 Å². The van der Waals surface area contributed by atoms with E-state index >= 15 is 0 Å². The summed E-state index contributed by atoms with van der Waals surface area (Å²) in [7, 11) is 0. The topological polar surface area (TPSA) is 108 Å². The fourth-order valence-electron chi connectivity index (χ4n) is 5.18. The largest absolute Gasteiger partial charge is 0.396 e. The minimum absolute atomic E-state index is 0.0215. The van der Waals surface area contributed by atoms with Crippen molar-refractivity contribution in [3.05, 3.63) is 29.3 Å². The van der Waals surface area contributed by atoms with Gasteiger partial charge in [-0.05, 0) is 31.0 Å². The predicted octanol–water partition coefficient (Wildman–Crippen LogP) is 1.04. The first-order valence-corrected chi connectivity index (χ1v) is 9.96. The molecule has 0 bridgehead atoms. The number of nitrogens with zero attached hydrogens (tertiary/aromatic N) is 1. The van der Waals surface area contributed by atoms with Crippen molar-refractivity contribution in [1.82, 2.24) is 15.5 Å². The van der Waals surface area contributed by atoms with Crippen LogP contribution in [-0.2, 0) is 9.59 Å². The summed E-state index contributed by atoms with van der Waals surface area (Å²) in [5.41, 5.74) is -2.02. The number of rotatable bonds is 4. The van der Waals surface area contributed by atoms with Gasteiger partial charge in [-0.15, -0.1) is 0 Å². The number of fused-ring (bicyclic) bond motifs is 2. The second-order valence-corrected chi connectivity index (χ2v) is 8.70. The average molecular weight is 436 g/mol. The number of amides is 4. The number of benzene rings is 1. The highest BCUT2D eigenvalue weighted by Crippen LogP contribution is 2.72. The maximum absolute atomic E-state index is 13.5. The van der Waals surface area contributed by atoms with E-state index in [9.17, 15) is 32.3 Å². The van der Waals surface area contributed by atoms with E-state index < -0.39 is 46.7 Å². The minimum atomic E-state index is -4.29. The lowest BCUT2D eigenvalue weighted by Crippen LogP contribution is -2.54. The molecule has 1 aromatic rings. The molecule has 3 atom stereocenters. The zero-order chi connectivity index (χ0) is 22.2. The predicted molar refractivity (Wildman–Crippen MR) is 100 cm³/mol. The van der Waals surface area contributed by atoms with Crippen LogP contribution in [-0.4, -0.2) is 60.4 Å². The van der Waals surface area contributed by atoms with Gasteiger partial charge in [0.1, 0.15) is 6.04 Å². The van der Waals surface area contributed by atoms with Gasteiger partial charge in [-0.25, -0.2) is 0 Å². The molecule has 2 saturated heterocycles. The second kappa shape index (κ2) is 6.28. The summed E-state index contributed by atoms with van der Waals surface area (Å²) in [5, 5.41) is 7.94. The zero-order valence-corrected chi connectivity index (χ0v) is 16.3. The third-order valence-electron chi connectivity index (χ3n) is 7.03. The van der Waals surface area contributed by atoms with Gasteiger partial charge in [-0.2, -0.15) is 13.2 Å². The van der Waals surface area contributed by atoms with Crippen LogP contribution < -0.4 is 16.0 Å². The number of anilines is 1. The maximum atomic E-state index is 13.5. The van der Waals surface area contributed by atoms with Crippen molar-refractivity contribution in [3.63, 3.8) is 0 Å². The highest BCUT2D eigenvalue weighted by Gasteiger charge is 2.81. The zero-order valence-electron chi connectivity index (χ0n) is 16.3. The Morgan fingerprint density at radius 1 is 1.10 bits per heavy atom. The number of piperidine rings is 2. The first-order chi connectivity index (χ1) is 14.6. The highest BCUT2D eigenvalue weighted by atomic mass is 19.4. The number of carbonyl (C=O) groups is 4. The normalized spacial score (nSPS) is 32.1. The summed E-state index contributed by atoms with van der Waals surface area (Å²) in [6.07, 6.45) is -4.17. The van der Waals surface area contributed by atoms with Crippen molar-refractivity contribution < 1.29 is 32.3 Å². The van der Waals surface area contributed by atoms with Gasteiger partial charge in [0.25, 0.3) is 11.8 Å². The van der Waals surface area contributed by atoms with E-state index in [1.54, 1.807) is 0 Å². The van der Waals surface area contributed by atoms with E-state index in [-0.39, 0.29) is 50.0 Å². The first kappa shape index (κ1) is 20.0. The van der Waals surface area contributed by atoms with Gasteiger partial charge in [0.2, 0.25) is 11.8 Å². The molecule has 8 nitrogen and oxygen atoms in total. The molecular formula is C20H19F3N4O4. The smallest absolute Gasteiger partial charge is 0.384 e. The molecule has 0 radical (unpaired) electrons. The molecule has 5 rings (SSSR count). The van der Waals surface area contributed by atoms with Crippen LogP contribution in [0.3, 0.4) is 0 Å². The molecule has 1 saturated carbocycles. The first-order valence-electron chi connectivity index (χ1n) is 9.96. The van der Waals surface area contributed by atoms with Crippen LogP contribution >= 0.6 is 0 Å². The van der Waals surface area contributed by atoms with Crippen molar-refractivity contribution in [1.29, 1.82) is 0 Å². The molecule has 3 aliphatic heterocycles. The average Bonchev–Trinajstić information content (AvgIpc) is 3.12. The Morgan fingerprint density at radius 2 is 1.84 bits per heavy atom. The molecule has 1 aromatic carbocycles. The number of nitrogens with one attached hydrogen (secondary N) is 3. The fourth-order valence-corrected chi connectivity index (χ4v) is 5.18. The lowest BCUT2D eigenvalue weighted by atomic mass is 9.95. The van der Waals surface area contributed by atoms with Crippen molar-refractivity contribution >= 4 is 29.3 Å². The molecule has 4 amide bonds. The summed E-state index contributed by atoms with van der Waals surface area (Å²) in [6.45, 7) is 0.235. The summed E-state index contributed by atoms with van der Waals surface area (Å²) < 4.78 is 40.5. The van der Waals surface area contributed by atoms with Crippen molar-refractivity contribution in [2.24, 2.45) is 10.8 Å². The molecule has 0 aromatic heterocycles. The molecule has 1 aliphatic carbocycles. The summed E-state index contributed by atoms with van der Waals surface area (Å²) in [6, 6.07) is 3.33. The maximum Gasteiger partial charge on any atom is 0.396 e. The lowest BCUT2D eigenvalue weighted by molar-refractivity contribution is -0.190. The quantitative estimate of drug-likeness (QED) is 0.609. The van der Waals surface area contributed by atoms with Crippen LogP contribution in [0.4, 0.5) is 18.9 Å². The minimum Gasteiger partial charge on any atom is -0.384 e. The Hall–Kier alpha value is -2.95. The standard InChI is InChI=1S/C20H19F3N4O4/c21-20(22,23)19-6-18(19,7-24-9-19)8-25-10-1-2-11-12(5-10)17(31)27(16(11)30)13-3-4-14(28)26-15(13)29/h1-2,5,13,24-25H,3-4,6-9H2,(H,26,28,29)/t13?,18-,19-/m0/s1. The number of imide groups is 2. The summed E-state index contributed by atoms with van der Waals surface area (Å²) in [4.78, 5) is 49.9. The van der Waals surface area contributed by atoms with Gasteiger partial charge in [-0.1, -0.05) is 0 Å². The number of halogens is 3. The number of alkyl halides is 3. The molecule has 11 heteroatoms. The third-order valence-corrected chi connectivity index (χ3v) is 7.03. The van der Waals surface area contributed by atoms with Crippen molar-refractivity contribution in [3.8, 4) is 0 Å². The molecule has 3 heterocycles. The monoisotopic (exact) mass is 436 g/mol. The third kappa shape index (κ3) is 2.72. The number of carbonyl (C=O) groups excluding carboxylic acids is 4. The van der Waals surface area contributed by atoms with E-state index in [1.807, 2.05) is 0 Å². The lowest BCUT2D eigenvalue weighted by Gasteiger charge is -2.27. The molecule has 164 valence electrons. The van der Waals surface area contributed by atoms with Gasteiger partial charge in [0, 0.05) is 37.2 Å². The summed E-state index contributed by atoms with van der Waals surface area (Å²) >= 11 is 0. The van der Waals surface area contributed by atoms with Crippen molar-refractivity contribution in [2.75, 3.05) is 25.0 Å². The van der Waals surface area contributed by atoms with Gasteiger partial charge in [0.05, 0.1) is 16.5 Å². The van der Waals surface area contributed by atoms with Crippen LogP contribution in [0.25, 0.3) is 0 Å². The van der Waals surface area contributed by atoms with Crippen LogP contribution in [0, 0.1) is 10.8 Å². The Bertz CT molecular complexity index is 1040. The molecule has 3 fully saturated rings. The van der Waals surface area contributed by atoms with E-state index in [1.165, 1.54) is 18.2 Å². The fraction of sp³-hybridized carbons (Fsp3) is 0.500. The Kier molecular flexibility index (Phi) is 4.05. The van der Waals surface area contributed by atoms with E-state index in [4.69, 9.17) is 0 Å². The molecule has 0 spiro atoms. The van der Waals surface area contributed by atoms with E-state index in [2.05, 4.69) is 16.0 Å². The Morgan fingerprint density at radius 3 is 2.52 bits per heavy atom. The number of hydrogen-bond donors (Lipinski definition) is 3. The van der Waals surface area contributed by atoms with Gasteiger partial charge in [0.15, 0.2) is 0 Å². The Labute approximate surface area is 174 Å². The van der Waals surface area contributed by atoms with Gasteiger partial charge in [-0.3, -0.25) is 29.4 Å². The number of hydrogen-bond acceptors (Lipinski definition) is 6. The van der Waals surface area contributed by atoms with E-state index in [0.717, 1.165) is 4.90 Å². The van der Waals surface area contributed by atoms with Crippen LogP contribution in [0.2, 0.25) is 0 Å². The molecule has 1 unspecified atom stereocenters. The van der Waals surface area contributed by atoms with E-state index in [0.29, 0.717) is 5.69 Å². The van der Waals surface area contributed by atoms with Crippen molar-refractivity contribution in [2.45, 2.75) is 31.5 Å². The molecule has 4 aliphatic rings. The Balaban J connectivity index is 1.33. The highest BCUT2D eigenvalue weighted by molar-refractivity contribution is 6.23. The van der Waals surface area contributed by atoms with Gasteiger partial charge < -0.3 is 10.6 Å². The van der Waals surface area contributed by atoms with Crippen LogP contribution in [0.5, 0.6) is 0 Å². The SMILES string of the molecule is O=C1CCC(N2C(=O)c3ccc(NC[C@]45CNC[C@@]4(C(F)(F)F)C5)cc3C2=O)C(=O)N1. The molecule has 3 N–H and O–H groups in total. The van der Waals surface area contributed by atoms with Crippen LogP contribution in [0.1, 0.15) is 40.0 Å². The van der Waals surface area contributed by atoms with Gasteiger partial charge >= 0.3 is 6.18 Å². The molecule has 31 heavy (non-hydrogen) atoms. The molecular weight excluding hydrogens is 417 g/mol. The second-order valence-electron chi connectivity index (χ2n) is 8.70.